The van der Waals surface area contributed by atoms with Crippen molar-refractivity contribution in [1.82, 2.24) is 9.99 Å². The molecule has 0 amide bonds. The van der Waals surface area contributed by atoms with Gasteiger partial charge in [-0.25, -0.2) is 9.98 Å². The van der Waals surface area contributed by atoms with Crippen LogP contribution in [0.25, 0.3) is 11.3 Å². The topological polar surface area (TPSA) is 72.8 Å². The molecule has 0 aliphatic carbocycles. The monoisotopic (exact) mass is 383 g/mol. The Balaban J connectivity index is 1.50. The predicted octanol–water partition coefficient (Wildman–Crippen LogP) is 3.91. The largest absolute Gasteiger partial charge is 0.396 e. The van der Waals surface area contributed by atoms with Crippen molar-refractivity contribution >= 4 is 34.8 Å². The molecule has 144 valence electrons. The number of aliphatic hydroxyl groups is 1. The maximum atomic E-state index is 9.19. The third kappa shape index (κ3) is 3.34. The van der Waals surface area contributed by atoms with E-state index < -0.39 is 0 Å². The number of hydrogen-bond acceptors (Lipinski definition) is 6. The van der Waals surface area contributed by atoms with Crippen molar-refractivity contribution in [3.8, 4) is 0 Å². The summed E-state index contributed by atoms with van der Waals surface area (Å²) in [6, 6.07) is 20.3. The lowest BCUT2D eigenvalue weighted by Gasteiger charge is -2.28. The quantitative estimate of drug-likeness (QED) is 0.637. The second kappa shape index (κ2) is 7.41. The molecule has 0 atom stereocenters. The van der Waals surface area contributed by atoms with Gasteiger partial charge >= 0.3 is 0 Å². The summed E-state index contributed by atoms with van der Waals surface area (Å²) in [6.45, 7) is 0.804. The van der Waals surface area contributed by atoms with E-state index in [1.54, 1.807) is 6.20 Å². The number of para-hydroxylation sites is 1. The standard InChI is InChI=1S/C23H21N5O/c29-12-10-16-5-3-6-17(13-16)27-28-14-20-18-7-1-2-9-21(18)26-23-19(8-4-11-24-23)22(20)25-15-28/h1-9,11,13,15,27,29H,10,12,14H2,(H,24,26). The number of fused-ring (bicyclic) bond motifs is 4. The maximum Gasteiger partial charge on any atom is 0.139 e. The summed E-state index contributed by atoms with van der Waals surface area (Å²) in [6.07, 6.45) is 4.25. The summed E-state index contributed by atoms with van der Waals surface area (Å²) < 4.78 is 0. The van der Waals surface area contributed by atoms with Crippen molar-refractivity contribution in [1.29, 1.82) is 0 Å². The molecule has 2 aliphatic heterocycles. The maximum absolute atomic E-state index is 9.19. The van der Waals surface area contributed by atoms with Crippen LogP contribution in [-0.4, -0.2) is 34.6 Å². The van der Waals surface area contributed by atoms with E-state index in [0.717, 1.165) is 45.2 Å². The van der Waals surface area contributed by atoms with Crippen LogP contribution in [0.1, 0.15) is 16.7 Å². The number of nitrogens with one attached hydrogen (secondary N) is 2. The number of aliphatic imine (C=N–C) groups is 1. The van der Waals surface area contributed by atoms with E-state index in [9.17, 15) is 5.11 Å². The molecule has 3 N–H and O–H groups in total. The molecule has 5 rings (SSSR count). The van der Waals surface area contributed by atoms with Gasteiger partial charge in [-0.1, -0.05) is 30.3 Å². The van der Waals surface area contributed by atoms with Gasteiger partial charge in [-0.2, -0.15) is 0 Å². The van der Waals surface area contributed by atoms with Crippen LogP contribution >= 0.6 is 0 Å². The lowest BCUT2D eigenvalue weighted by atomic mass is 9.99. The number of anilines is 3. The van der Waals surface area contributed by atoms with Gasteiger partial charge in [-0.3, -0.25) is 10.4 Å². The average molecular weight is 383 g/mol. The van der Waals surface area contributed by atoms with Crippen LogP contribution in [0.4, 0.5) is 17.2 Å². The highest BCUT2D eigenvalue weighted by Crippen LogP contribution is 2.40. The number of hydrogen-bond donors (Lipinski definition) is 3. The minimum atomic E-state index is 0.141. The van der Waals surface area contributed by atoms with Crippen molar-refractivity contribution in [2.75, 3.05) is 23.9 Å². The van der Waals surface area contributed by atoms with E-state index in [1.807, 2.05) is 47.7 Å². The highest BCUT2D eigenvalue weighted by Gasteiger charge is 2.25. The molecule has 0 radical (unpaired) electrons. The molecule has 0 saturated carbocycles. The lowest BCUT2D eigenvalue weighted by molar-refractivity contribution is 0.299. The first-order valence-corrected chi connectivity index (χ1v) is 9.64. The number of benzene rings is 2. The fourth-order valence-electron chi connectivity index (χ4n) is 3.77. The number of nitrogens with zero attached hydrogens (tertiary/aromatic N) is 3. The number of hydrazine groups is 1. The predicted molar refractivity (Wildman–Crippen MR) is 117 cm³/mol. The van der Waals surface area contributed by atoms with E-state index in [4.69, 9.17) is 4.99 Å². The molecule has 6 nitrogen and oxygen atoms in total. The highest BCUT2D eigenvalue weighted by atomic mass is 16.2. The Kier molecular flexibility index (Phi) is 4.46. The SMILES string of the molecule is OCCc1cccc(NN2C=NC3=C(C2)c2ccccc2Nc2ncccc23)c1. The number of pyridine rings is 1. The summed E-state index contributed by atoms with van der Waals surface area (Å²) in [5.74, 6) is 0.820. The molecule has 0 unspecified atom stereocenters. The Morgan fingerprint density at radius 3 is 2.86 bits per heavy atom. The zero-order chi connectivity index (χ0) is 19.6. The van der Waals surface area contributed by atoms with Crippen molar-refractivity contribution in [3.63, 3.8) is 0 Å². The second-order valence-electron chi connectivity index (χ2n) is 7.06. The third-order valence-electron chi connectivity index (χ3n) is 5.11. The molecule has 0 bridgehead atoms. The van der Waals surface area contributed by atoms with Gasteiger partial charge in [-0.05, 0) is 42.3 Å². The zero-order valence-corrected chi connectivity index (χ0v) is 15.8. The van der Waals surface area contributed by atoms with Gasteiger partial charge in [0.2, 0.25) is 0 Å². The smallest absolute Gasteiger partial charge is 0.139 e. The summed E-state index contributed by atoms with van der Waals surface area (Å²) in [5, 5.41) is 14.6. The fraction of sp³-hybridized carbons (Fsp3) is 0.130. The molecule has 2 aromatic carbocycles. The van der Waals surface area contributed by atoms with E-state index in [-0.39, 0.29) is 6.61 Å². The van der Waals surface area contributed by atoms with Gasteiger partial charge in [-0.15, -0.1) is 0 Å². The molecule has 29 heavy (non-hydrogen) atoms. The van der Waals surface area contributed by atoms with E-state index >= 15 is 0 Å². The van der Waals surface area contributed by atoms with Gasteiger partial charge in [0.25, 0.3) is 0 Å². The van der Waals surface area contributed by atoms with Crippen LogP contribution in [0, 0.1) is 0 Å². The van der Waals surface area contributed by atoms with Gasteiger partial charge < -0.3 is 10.4 Å². The summed E-state index contributed by atoms with van der Waals surface area (Å²) in [5.41, 5.74) is 10.7. The molecule has 1 aromatic heterocycles. The van der Waals surface area contributed by atoms with Crippen LogP contribution < -0.4 is 10.7 Å². The van der Waals surface area contributed by atoms with E-state index in [2.05, 4.69) is 40.0 Å². The lowest BCUT2D eigenvalue weighted by Crippen LogP contribution is -2.32. The van der Waals surface area contributed by atoms with Gasteiger partial charge in [0, 0.05) is 35.2 Å². The van der Waals surface area contributed by atoms with Crippen LogP contribution in [0.2, 0.25) is 0 Å². The number of aromatic nitrogens is 1. The van der Waals surface area contributed by atoms with Gasteiger partial charge in [0.15, 0.2) is 0 Å². The Bertz CT molecular complexity index is 1120. The Morgan fingerprint density at radius 2 is 1.93 bits per heavy atom. The minimum Gasteiger partial charge on any atom is -0.396 e. The van der Waals surface area contributed by atoms with Gasteiger partial charge in [0.1, 0.15) is 12.2 Å². The number of rotatable bonds is 4. The van der Waals surface area contributed by atoms with Crippen LogP contribution in [0.15, 0.2) is 71.9 Å². The molecule has 0 fully saturated rings. The molecular formula is C23H21N5O. The van der Waals surface area contributed by atoms with Crippen molar-refractivity contribution < 1.29 is 5.11 Å². The Hall–Kier alpha value is -3.64. The molecule has 0 spiro atoms. The normalized spacial score (nSPS) is 14.4. The van der Waals surface area contributed by atoms with Gasteiger partial charge in [0.05, 0.1) is 17.9 Å². The van der Waals surface area contributed by atoms with E-state index in [1.165, 1.54) is 0 Å². The van der Waals surface area contributed by atoms with Crippen LogP contribution in [0.5, 0.6) is 0 Å². The first-order valence-electron chi connectivity index (χ1n) is 9.64. The average Bonchev–Trinajstić information content (AvgIpc) is 2.89. The third-order valence-corrected chi connectivity index (χ3v) is 5.11. The molecule has 6 heteroatoms. The van der Waals surface area contributed by atoms with Crippen LogP contribution in [0.3, 0.4) is 0 Å². The summed E-state index contributed by atoms with van der Waals surface area (Å²) in [4.78, 5) is 9.30. The minimum absolute atomic E-state index is 0.141. The first-order chi connectivity index (χ1) is 14.3. The summed E-state index contributed by atoms with van der Waals surface area (Å²) >= 11 is 0. The van der Waals surface area contributed by atoms with Crippen molar-refractivity contribution in [2.45, 2.75) is 6.42 Å². The molecule has 0 saturated heterocycles. The second-order valence-corrected chi connectivity index (χ2v) is 7.06. The van der Waals surface area contributed by atoms with Crippen LogP contribution in [-0.2, 0) is 6.42 Å². The van der Waals surface area contributed by atoms with Crippen molar-refractivity contribution in [2.24, 2.45) is 4.99 Å². The molecule has 3 aromatic rings. The van der Waals surface area contributed by atoms with E-state index in [0.29, 0.717) is 13.0 Å². The molecule has 2 aliphatic rings. The Labute approximate surface area is 169 Å². The molecule has 3 heterocycles. The fourth-order valence-corrected chi connectivity index (χ4v) is 3.77. The number of aliphatic hydroxyl groups excluding tert-OH is 1. The zero-order valence-electron chi connectivity index (χ0n) is 15.8. The van der Waals surface area contributed by atoms with Crippen molar-refractivity contribution in [3.05, 3.63) is 83.6 Å². The summed E-state index contributed by atoms with van der Waals surface area (Å²) in [7, 11) is 0. The highest BCUT2D eigenvalue weighted by molar-refractivity contribution is 6.03. The Morgan fingerprint density at radius 1 is 1.03 bits per heavy atom. The first kappa shape index (κ1) is 17.5. The molecular weight excluding hydrogens is 362 g/mol.